The molecule has 4 nitrogen and oxygen atoms in total. The number of fused-ring (bicyclic) bond motifs is 1. The number of hydrogen-bond donors (Lipinski definition) is 0. The molecule has 20 heavy (non-hydrogen) atoms. The Hall–Kier alpha value is -2.10. The molecule has 0 amide bonds. The minimum Gasteiger partial charge on any atom is -0.464 e. The first-order valence-electron chi connectivity index (χ1n) is 6.95. The molecule has 0 N–H and O–H groups in total. The zero-order chi connectivity index (χ0) is 14.1. The molecule has 1 fully saturated rings. The van der Waals surface area contributed by atoms with Crippen LogP contribution in [-0.2, 0) is 4.74 Å². The number of aromatic nitrogens is 1. The maximum Gasteiger partial charge on any atom is 0.357 e. The highest BCUT2D eigenvalue weighted by molar-refractivity contribution is 6.01. The van der Waals surface area contributed by atoms with Crippen LogP contribution in [-0.4, -0.2) is 31.2 Å². The average Bonchev–Trinajstić information content (AvgIpc) is 3.01. The smallest absolute Gasteiger partial charge is 0.357 e. The second-order valence-corrected chi connectivity index (χ2v) is 5.14. The SMILES string of the molecule is COC(=O)c1nc(N2CCCC2)c2ccccc2c1C. The van der Waals surface area contributed by atoms with E-state index in [1.165, 1.54) is 20.0 Å². The first-order chi connectivity index (χ1) is 9.72. The fourth-order valence-corrected chi connectivity index (χ4v) is 2.85. The number of anilines is 1. The highest BCUT2D eigenvalue weighted by Gasteiger charge is 2.21. The molecular formula is C16H18N2O2. The summed E-state index contributed by atoms with van der Waals surface area (Å²) in [5.74, 6) is 0.540. The van der Waals surface area contributed by atoms with E-state index in [0.717, 1.165) is 35.2 Å². The minimum absolute atomic E-state index is 0.367. The van der Waals surface area contributed by atoms with Gasteiger partial charge in [-0.1, -0.05) is 24.3 Å². The van der Waals surface area contributed by atoms with Gasteiger partial charge in [-0.2, -0.15) is 0 Å². The van der Waals surface area contributed by atoms with Crippen LogP contribution < -0.4 is 4.90 Å². The van der Waals surface area contributed by atoms with Crippen LogP contribution in [0.3, 0.4) is 0 Å². The third kappa shape index (κ3) is 2.01. The zero-order valence-corrected chi connectivity index (χ0v) is 11.8. The molecular weight excluding hydrogens is 252 g/mol. The Bertz CT molecular complexity index is 661. The van der Waals surface area contributed by atoms with Crippen LogP contribution in [0, 0.1) is 6.92 Å². The Balaban J connectivity index is 2.26. The van der Waals surface area contributed by atoms with Crippen molar-refractivity contribution in [1.82, 2.24) is 4.98 Å². The summed E-state index contributed by atoms with van der Waals surface area (Å²) >= 11 is 0. The fourth-order valence-electron chi connectivity index (χ4n) is 2.85. The van der Waals surface area contributed by atoms with Gasteiger partial charge in [0.05, 0.1) is 7.11 Å². The van der Waals surface area contributed by atoms with E-state index in [9.17, 15) is 4.79 Å². The van der Waals surface area contributed by atoms with Crippen LogP contribution in [0.2, 0.25) is 0 Å². The van der Waals surface area contributed by atoms with Gasteiger partial charge in [0.15, 0.2) is 5.69 Å². The summed E-state index contributed by atoms with van der Waals surface area (Å²) in [6, 6.07) is 8.12. The predicted molar refractivity (Wildman–Crippen MR) is 79.3 cm³/mol. The predicted octanol–water partition coefficient (Wildman–Crippen LogP) is 2.93. The van der Waals surface area contributed by atoms with Crippen LogP contribution in [0.25, 0.3) is 10.8 Å². The molecule has 2 heterocycles. The number of carbonyl (C=O) groups is 1. The van der Waals surface area contributed by atoms with Gasteiger partial charge in [-0.3, -0.25) is 0 Å². The molecule has 0 spiro atoms. The van der Waals surface area contributed by atoms with Crippen molar-refractivity contribution in [2.45, 2.75) is 19.8 Å². The largest absolute Gasteiger partial charge is 0.464 e. The van der Waals surface area contributed by atoms with Crippen molar-refractivity contribution in [1.29, 1.82) is 0 Å². The topological polar surface area (TPSA) is 42.4 Å². The van der Waals surface area contributed by atoms with Crippen molar-refractivity contribution < 1.29 is 9.53 Å². The Labute approximate surface area is 118 Å². The van der Waals surface area contributed by atoms with E-state index in [4.69, 9.17) is 4.74 Å². The van der Waals surface area contributed by atoms with Crippen molar-refractivity contribution in [3.8, 4) is 0 Å². The summed E-state index contributed by atoms with van der Waals surface area (Å²) in [7, 11) is 1.40. The van der Waals surface area contributed by atoms with Crippen molar-refractivity contribution in [3.05, 3.63) is 35.5 Å². The number of esters is 1. The van der Waals surface area contributed by atoms with Crippen LogP contribution in [0.4, 0.5) is 5.82 Å². The molecule has 0 saturated carbocycles. The maximum absolute atomic E-state index is 11.9. The van der Waals surface area contributed by atoms with Crippen molar-refractivity contribution in [2.24, 2.45) is 0 Å². The van der Waals surface area contributed by atoms with E-state index >= 15 is 0 Å². The second kappa shape index (κ2) is 5.12. The fraction of sp³-hybridized carbons (Fsp3) is 0.375. The monoisotopic (exact) mass is 270 g/mol. The van der Waals surface area contributed by atoms with E-state index in [-0.39, 0.29) is 5.97 Å². The van der Waals surface area contributed by atoms with E-state index in [1.807, 2.05) is 25.1 Å². The maximum atomic E-state index is 11.9. The van der Waals surface area contributed by atoms with E-state index in [2.05, 4.69) is 16.0 Å². The van der Waals surface area contributed by atoms with Crippen LogP contribution in [0.1, 0.15) is 28.9 Å². The molecule has 1 aromatic heterocycles. The summed E-state index contributed by atoms with van der Waals surface area (Å²) in [5, 5.41) is 2.18. The standard InChI is InChI=1S/C16H18N2O2/c1-11-12-7-3-4-8-13(12)15(18-9-5-6-10-18)17-14(11)16(19)20-2/h3-4,7-8H,5-6,9-10H2,1-2H3. The number of rotatable bonds is 2. The molecule has 104 valence electrons. The molecule has 0 aliphatic carbocycles. The number of ether oxygens (including phenoxy) is 1. The number of methoxy groups -OCH3 is 1. The summed E-state index contributed by atoms with van der Waals surface area (Å²) in [6.07, 6.45) is 2.36. The van der Waals surface area contributed by atoms with Crippen molar-refractivity contribution in [2.75, 3.05) is 25.1 Å². The summed E-state index contributed by atoms with van der Waals surface area (Å²) < 4.78 is 4.86. The number of pyridine rings is 1. The minimum atomic E-state index is -0.367. The number of aryl methyl sites for hydroxylation is 1. The molecule has 1 aliphatic heterocycles. The van der Waals surface area contributed by atoms with E-state index in [0.29, 0.717) is 5.69 Å². The first-order valence-corrected chi connectivity index (χ1v) is 6.95. The Morgan fingerprint density at radius 2 is 1.85 bits per heavy atom. The lowest BCUT2D eigenvalue weighted by atomic mass is 10.0. The van der Waals surface area contributed by atoms with E-state index < -0.39 is 0 Å². The van der Waals surface area contributed by atoms with Crippen LogP contribution in [0.5, 0.6) is 0 Å². The van der Waals surface area contributed by atoms with Crippen molar-refractivity contribution in [3.63, 3.8) is 0 Å². The van der Waals surface area contributed by atoms with Gasteiger partial charge in [0.2, 0.25) is 0 Å². The van der Waals surface area contributed by atoms with Gasteiger partial charge in [-0.15, -0.1) is 0 Å². The molecule has 0 atom stereocenters. The van der Waals surface area contributed by atoms with Gasteiger partial charge in [-0.05, 0) is 30.7 Å². The molecule has 1 aliphatic rings. The lowest BCUT2D eigenvalue weighted by molar-refractivity contribution is 0.0593. The normalized spacial score (nSPS) is 14.8. The second-order valence-electron chi connectivity index (χ2n) is 5.14. The van der Waals surface area contributed by atoms with Gasteiger partial charge in [0, 0.05) is 18.5 Å². The van der Waals surface area contributed by atoms with Gasteiger partial charge in [0.1, 0.15) is 5.82 Å². The Kier molecular flexibility index (Phi) is 3.30. The highest BCUT2D eigenvalue weighted by Crippen LogP contribution is 2.31. The molecule has 4 heteroatoms. The van der Waals surface area contributed by atoms with Gasteiger partial charge < -0.3 is 9.64 Å². The average molecular weight is 270 g/mol. The summed E-state index contributed by atoms with van der Waals surface area (Å²) in [6.45, 7) is 3.93. The molecule has 0 radical (unpaired) electrons. The lowest BCUT2D eigenvalue weighted by Crippen LogP contribution is -2.21. The van der Waals surface area contributed by atoms with Gasteiger partial charge in [0.25, 0.3) is 0 Å². The molecule has 1 aromatic carbocycles. The highest BCUT2D eigenvalue weighted by atomic mass is 16.5. The zero-order valence-electron chi connectivity index (χ0n) is 11.8. The number of nitrogens with zero attached hydrogens (tertiary/aromatic N) is 2. The van der Waals surface area contributed by atoms with Crippen LogP contribution >= 0.6 is 0 Å². The number of carbonyl (C=O) groups excluding carboxylic acids is 1. The van der Waals surface area contributed by atoms with Gasteiger partial charge in [-0.25, -0.2) is 9.78 Å². The summed E-state index contributed by atoms with van der Waals surface area (Å²) in [5.41, 5.74) is 1.31. The molecule has 3 rings (SSSR count). The quantitative estimate of drug-likeness (QED) is 0.787. The lowest BCUT2D eigenvalue weighted by Gasteiger charge is -2.20. The molecule has 2 aromatic rings. The Morgan fingerprint density at radius 3 is 2.50 bits per heavy atom. The third-order valence-electron chi connectivity index (χ3n) is 3.93. The number of benzene rings is 1. The summed E-state index contributed by atoms with van der Waals surface area (Å²) in [4.78, 5) is 18.8. The van der Waals surface area contributed by atoms with Gasteiger partial charge >= 0.3 is 5.97 Å². The molecule has 1 saturated heterocycles. The van der Waals surface area contributed by atoms with Crippen molar-refractivity contribution >= 4 is 22.6 Å². The Morgan fingerprint density at radius 1 is 1.20 bits per heavy atom. The van der Waals surface area contributed by atoms with E-state index in [1.54, 1.807) is 0 Å². The molecule has 0 bridgehead atoms. The third-order valence-corrected chi connectivity index (χ3v) is 3.93. The molecule has 0 unspecified atom stereocenters. The van der Waals surface area contributed by atoms with Crippen LogP contribution in [0.15, 0.2) is 24.3 Å². The first kappa shape index (κ1) is 12.9. The number of hydrogen-bond acceptors (Lipinski definition) is 4.